The maximum absolute atomic E-state index is 11.6. The molecule has 0 aromatic heterocycles. The first kappa shape index (κ1) is 11.9. The Morgan fingerprint density at radius 3 is 2.88 bits per heavy atom. The second-order valence-electron chi connectivity index (χ2n) is 4.13. The van der Waals surface area contributed by atoms with Gasteiger partial charge in [0.15, 0.2) is 5.66 Å². The number of carbonyl (C=O) groups excluding carboxylic acids is 1. The van der Waals surface area contributed by atoms with Gasteiger partial charge in [-0.05, 0) is 25.1 Å². The summed E-state index contributed by atoms with van der Waals surface area (Å²) in [5.74, 6) is -0.198. The fraction of sp³-hybridized carbons (Fsp3) is 0.364. The Bertz CT molecular complexity index is 482. The molecule has 90 valence electrons. The minimum absolute atomic E-state index is 0.00485. The zero-order valence-electron chi connectivity index (χ0n) is 9.27. The van der Waals surface area contributed by atoms with Gasteiger partial charge in [0, 0.05) is 17.9 Å². The lowest BCUT2D eigenvalue weighted by molar-refractivity contribution is -0.116. The summed E-state index contributed by atoms with van der Waals surface area (Å²) in [6.45, 7) is 1.86. The zero-order valence-corrected chi connectivity index (χ0v) is 10.0. The third kappa shape index (κ3) is 3.17. The molecule has 0 unspecified atom stereocenters. The normalized spacial score (nSPS) is 15.6. The summed E-state index contributed by atoms with van der Waals surface area (Å²) >= 11 is 5.77. The van der Waals surface area contributed by atoms with E-state index in [9.17, 15) is 9.90 Å². The Balaban J connectivity index is 1.91. The molecular weight excluding hydrogens is 242 g/mol. The lowest BCUT2D eigenvalue weighted by atomic mass is 10.1. The molecule has 0 saturated heterocycles. The van der Waals surface area contributed by atoms with Crippen LogP contribution in [0.3, 0.4) is 0 Å². The van der Waals surface area contributed by atoms with Crippen molar-refractivity contribution in [1.29, 1.82) is 0 Å². The fourth-order valence-corrected chi connectivity index (χ4v) is 1.53. The van der Waals surface area contributed by atoms with Crippen LogP contribution in [0.5, 0.6) is 5.75 Å². The van der Waals surface area contributed by atoms with Gasteiger partial charge in [0.2, 0.25) is 5.91 Å². The summed E-state index contributed by atoms with van der Waals surface area (Å²) in [6, 6.07) is 4.49. The zero-order chi connectivity index (χ0) is 12.5. The summed E-state index contributed by atoms with van der Waals surface area (Å²) in [5.41, 5.74) is -0.0643. The van der Waals surface area contributed by atoms with Crippen molar-refractivity contribution in [1.82, 2.24) is 0 Å². The first-order valence-corrected chi connectivity index (χ1v) is 5.59. The monoisotopic (exact) mass is 253 g/mol. The number of hydrogen-bond donors (Lipinski definition) is 2. The molecule has 0 bridgehead atoms. The predicted octanol–water partition coefficient (Wildman–Crippen LogP) is 2.95. The molecule has 2 rings (SSSR count). The summed E-state index contributed by atoms with van der Waals surface area (Å²) in [5, 5.41) is 20.2. The number of hydrogen-bond acceptors (Lipinski definition) is 4. The Morgan fingerprint density at radius 2 is 2.24 bits per heavy atom. The van der Waals surface area contributed by atoms with Crippen LogP contribution in [0.15, 0.2) is 28.4 Å². The van der Waals surface area contributed by atoms with Gasteiger partial charge in [0.25, 0.3) is 0 Å². The SMILES string of the molecule is CC1(CCC(=O)Nc2cc(Cl)ccc2O)N=N1. The van der Waals surface area contributed by atoms with E-state index in [1.54, 1.807) is 6.07 Å². The topological polar surface area (TPSA) is 74.0 Å². The maximum Gasteiger partial charge on any atom is 0.224 e. The molecule has 0 saturated carbocycles. The summed E-state index contributed by atoms with van der Waals surface area (Å²) in [6.07, 6.45) is 0.871. The van der Waals surface area contributed by atoms with E-state index < -0.39 is 0 Å². The van der Waals surface area contributed by atoms with Crippen molar-refractivity contribution in [3.05, 3.63) is 23.2 Å². The second kappa shape index (κ2) is 4.33. The lowest BCUT2D eigenvalue weighted by Gasteiger charge is -2.08. The van der Waals surface area contributed by atoms with Crippen LogP contribution in [0.2, 0.25) is 5.02 Å². The molecule has 5 nitrogen and oxygen atoms in total. The summed E-state index contributed by atoms with van der Waals surface area (Å²) in [7, 11) is 0. The lowest BCUT2D eigenvalue weighted by Crippen LogP contribution is -2.15. The summed E-state index contributed by atoms with van der Waals surface area (Å²) in [4.78, 5) is 11.6. The molecule has 0 radical (unpaired) electrons. The first-order chi connectivity index (χ1) is 7.98. The largest absolute Gasteiger partial charge is 0.506 e. The molecule has 0 aliphatic carbocycles. The number of aromatic hydroxyl groups is 1. The van der Waals surface area contributed by atoms with E-state index >= 15 is 0 Å². The third-order valence-corrected chi connectivity index (χ3v) is 2.73. The standard InChI is InChI=1S/C11H12ClN3O2/c1-11(14-15-11)5-4-10(17)13-8-6-7(12)2-3-9(8)16/h2-3,6,16H,4-5H2,1H3,(H,13,17). The van der Waals surface area contributed by atoms with Crippen LogP contribution in [0, 0.1) is 0 Å². The molecule has 1 aromatic rings. The molecular formula is C11H12ClN3O2. The molecule has 17 heavy (non-hydrogen) atoms. The highest BCUT2D eigenvalue weighted by Crippen LogP contribution is 2.32. The number of halogens is 1. The number of phenols is 1. The van der Waals surface area contributed by atoms with E-state index in [1.807, 2.05) is 6.92 Å². The Hall–Kier alpha value is -1.62. The van der Waals surface area contributed by atoms with E-state index in [0.29, 0.717) is 23.6 Å². The van der Waals surface area contributed by atoms with Crippen LogP contribution in [0.1, 0.15) is 19.8 Å². The van der Waals surface area contributed by atoms with Crippen molar-refractivity contribution in [2.75, 3.05) is 5.32 Å². The number of anilines is 1. The molecule has 1 aliphatic heterocycles. The van der Waals surface area contributed by atoms with E-state index in [2.05, 4.69) is 15.5 Å². The summed E-state index contributed by atoms with van der Waals surface area (Å²) < 4.78 is 0. The van der Waals surface area contributed by atoms with Crippen LogP contribution in [-0.2, 0) is 4.79 Å². The van der Waals surface area contributed by atoms with E-state index in [4.69, 9.17) is 11.6 Å². The van der Waals surface area contributed by atoms with Gasteiger partial charge in [-0.2, -0.15) is 10.2 Å². The minimum atomic E-state index is -0.381. The van der Waals surface area contributed by atoms with E-state index in [-0.39, 0.29) is 17.3 Å². The maximum atomic E-state index is 11.6. The molecule has 1 heterocycles. The first-order valence-electron chi connectivity index (χ1n) is 5.21. The van der Waals surface area contributed by atoms with Crippen molar-refractivity contribution in [2.24, 2.45) is 10.2 Å². The van der Waals surface area contributed by atoms with Crippen molar-refractivity contribution in [3.63, 3.8) is 0 Å². The van der Waals surface area contributed by atoms with Gasteiger partial charge in [0.05, 0.1) is 5.69 Å². The van der Waals surface area contributed by atoms with E-state index in [0.717, 1.165) is 0 Å². The van der Waals surface area contributed by atoms with Crippen molar-refractivity contribution >= 4 is 23.2 Å². The van der Waals surface area contributed by atoms with Crippen LogP contribution in [-0.4, -0.2) is 16.7 Å². The van der Waals surface area contributed by atoms with Gasteiger partial charge >= 0.3 is 0 Å². The van der Waals surface area contributed by atoms with Crippen LogP contribution in [0.4, 0.5) is 5.69 Å². The number of phenolic OH excluding ortho intramolecular Hbond substituents is 1. The molecule has 1 aromatic carbocycles. The van der Waals surface area contributed by atoms with Gasteiger partial charge < -0.3 is 10.4 Å². The van der Waals surface area contributed by atoms with Gasteiger partial charge in [-0.15, -0.1) is 0 Å². The number of nitrogens with zero attached hydrogens (tertiary/aromatic N) is 2. The van der Waals surface area contributed by atoms with Gasteiger partial charge in [-0.3, -0.25) is 4.79 Å². The second-order valence-corrected chi connectivity index (χ2v) is 4.56. The Morgan fingerprint density at radius 1 is 1.53 bits per heavy atom. The highest BCUT2D eigenvalue weighted by Gasteiger charge is 2.33. The van der Waals surface area contributed by atoms with Gasteiger partial charge in [-0.25, -0.2) is 0 Å². The highest BCUT2D eigenvalue weighted by molar-refractivity contribution is 6.31. The Labute approximate surface area is 104 Å². The quantitative estimate of drug-likeness (QED) is 0.810. The highest BCUT2D eigenvalue weighted by atomic mass is 35.5. The smallest absolute Gasteiger partial charge is 0.224 e. The molecule has 1 amide bonds. The number of amides is 1. The fourth-order valence-electron chi connectivity index (χ4n) is 1.36. The minimum Gasteiger partial charge on any atom is -0.506 e. The third-order valence-electron chi connectivity index (χ3n) is 2.50. The van der Waals surface area contributed by atoms with Gasteiger partial charge in [0.1, 0.15) is 5.75 Å². The van der Waals surface area contributed by atoms with Crippen molar-refractivity contribution in [2.45, 2.75) is 25.4 Å². The molecule has 1 aliphatic rings. The average molecular weight is 254 g/mol. The average Bonchev–Trinajstić information content (AvgIpc) is 3.00. The number of nitrogens with one attached hydrogen (secondary N) is 1. The molecule has 0 spiro atoms. The van der Waals surface area contributed by atoms with Crippen LogP contribution in [0.25, 0.3) is 0 Å². The van der Waals surface area contributed by atoms with E-state index in [1.165, 1.54) is 12.1 Å². The Kier molecular flexibility index (Phi) is 3.02. The van der Waals surface area contributed by atoms with Crippen molar-refractivity contribution < 1.29 is 9.90 Å². The van der Waals surface area contributed by atoms with Crippen LogP contribution >= 0.6 is 11.6 Å². The number of benzene rings is 1. The molecule has 0 atom stereocenters. The molecule has 0 fully saturated rings. The number of carbonyl (C=O) groups is 1. The predicted molar refractivity (Wildman–Crippen MR) is 64.2 cm³/mol. The van der Waals surface area contributed by atoms with Crippen LogP contribution < -0.4 is 5.32 Å². The molecule has 2 N–H and O–H groups in total. The van der Waals surface area contributed by atoms with Gasteiger partial charge in [-0.1, -0.05) is 11.6 Å². The molecule has 6 heteroatoms. The number of rotatable bonds is 4. The van der Waals surface area contributed by atoms with Crippen molar-refractivity contribution in [3.8, 4) is 5.75 Å².